The molecule has 2 amide bonds. The summed E-state index contributed by atoms with van der Waals surface area (Å²) >= 11 is 0. The van der Waals surface area contributed by atoms with Gasteiger partial charge >= 0.3 is 0 Å². The van der Waals surface area contributed by atoms with Crippen LogP contribution in [0.25, 0.3) is 0 Å². The van der Waals surface area contributed by atoms with E-state index in [-0.39, 0.29) is 29.3 Å². The van der Waals surface area contributed by atoms with Crippen LogP contribution in [0.2, 0.25) is 0 Å². The molecule has 2 aromatic carbocycles. The fourth-order valence-electron chi connectivity index (χ4n) is 3.87. The zero-order valence-corrected chi connectivity index (χ0v) is 18.0. The third-order valence-electron chi connectivity index (χ3n) is 6.00. The van der Waals surface area contributed by atoms with E-state index in [4.69, 9.17) is 0 Å². The van der Waals surface area contributed by atoms with E-state index >= 15 is 0 Å². The predicted octanol–water partition coefficient (Wildman–Crippen LogP) is 2.82. The molecule has 5 rings (SSSR count). The quantitative estimate of drug-likeness (QED) is 0.694. The molecule has 3 aliphatic rings. The minimum absolute atomic E-state index is 0.00132. The van der Waals surface area contributed by atoms with E-state index in [1.807, 2.05) is 12.1 Å². The van der Waals surface area contributed by atoms with E-state index in [1.165, 1.54) is 0 Å². The molecule has 7 nitrogen and oxygen atoms in total. The van der Waals surface area contributed by atoms with Crippen LogP contribution in [0.5, 0.6) is 0 Å². The second-order valence-corrected chi connectivity index (χ2v) is 10.5. The van der Waals surface area contributed by atoms with Gasteiger partial charge in [-0.1, -0.05) is 12.1 Å². The van der Waals surface area contributed by atoms with Crippen molar-refractivity contribution in [1.82, 2.24) is 9.62 Å². The molecular formula is C23H25N3O4S. The molecule has 31 heavy (non-hydrogen) atoms. The van der Waals surface area contributed by atoms with Gasteiger partial charge in [0.15, 0.2) is 0 Å². The fourth-order valence-corrected chi connectivity index (χ4v) is 5.59. The number of sulfonamides is 1. The number of rotatable bonds is 7. The zero-order chi connectivity index (χ0) is 21.6. The minimum atomic E-state index is -3.68. The molecule has 2 saturated carbocycles. The first-order valence-corrected chi connectivity index (χ1v) is 12.2. The number of nitrogens with one attached hydrogen (secondary N) is 2. The number of anilines is 1. The van der Waals surface area contributed by atoms with Crippen LogP contribution in [-0.4, -0.2) is 36.6 Å². The first-order chi connectivity index (χ1) is 14.9. The van der Waals surface area contributed by atoms with E-state index in [0.29, 0.717) is 30.1 Å². The smallest absolute Gasteiger partial charge is 0.251 e. The maximum absolute atomic E-state index is 13.4. The van der Waals surface area contributed by atoms with Gasteiger partial charge in [0.05, 0.1) is 4.90 Å². The summed E-state index contributed by atoms with van der Waals surface area (Å²) < 4.78 is 28.5. The maximum Gasteiger partial charge on any atom is 0.251 e. The van der Waals surface area contributed by atoms with Crippen molar-refractivity contribution in [2.24, 2.45) is 0 Å². The Balaban J connectivity index is 1.35. The predicted molar refractivity (Wildman–Crippen MR) is 116 cm³/mol. The van der Waals surface area contributed by atoms with Crippen molar-refractivity contribution in [1.29, 1.82) is 0 Å². The zero-order valence-electron chi connectivity index (χ0n) is 17.1. The lowest BCUT2D eigenvalue weighted by atomic mass is 10.0. The Morgan fingerprint density at radius 3 is 2.45 bits per heavy atom. The Labute approximate surface area is 181 Å². The highest BCUT2D eigenvalue weighted by atomic mass is 32.2. The van der Waals surface area contributed by atoms with Crippen molar-refractivity contribution in [2.75, 3.05) is 5.32 Å². The number of hydrogen-bond donors (Lipinski definition) is 2. The van der Waals surface area contributed by atoms with E-state index in [2.05, 4.69) is 10.6 Å². The van der Waals surface area contributed by atoms with Gasteiger partial charge in [-0.25, -0.2) is 8.42 Å². The lowest BCUT2D eigenvalue weighted by molar-refractivity contribution is -0.116. The van der Waals surface area contributed by atoms with Crippen LogP contribution in [0.15, 0.2) is 47.4 Å². The van der Waals surface area contributed by atoms with Crippen LogP contribution >= 0.6 is 0 Å². The first kappa shape index (κ1) is 20.2. The van der Waals surface area contributed by atoms with Crippen molar-refractivity contribution in [3.8, 4) is 0 Å². The summed E-state index contributed by atoms with van der Waals surface area (Å²) in [7, 11) is -3.68. The van der Waals surface area contributed by atoms with Gasteiger partial charge in [0.2, 0.25) is 15.9 Å². The van der Waals surface area contributed by atoms with Gasteiger partial charge in [-0.15, -0.1) is 0 Å². The highest BCUT2D eigenvalue weighted by molar-refractivity contribution is 7.89. The van der Waals surface area contributed by atoms with Crippen molar-refractivity contribution in [3.63, 3.8) is 0 Å². The fraction of sp³-hybridized carbons (Fsp3) is 0.391. The molecule has 2 N–H and O–H groups in total. The van der Waals surface area contributed by atoms with E-state index < -0.39 is 10.0 Å². The van der Waals surface area contributed by atoms with E-state index in [1.54, 1.807) is 34.6 Å². The molecule has 0 atom stereocenters. The Hall–Kier alpha value is -2.71. The molecule has 0 bridgehead atoms. The number of nitrogens with zero attached hydrogens (tertiary/aromatic N) is 1. The van der Waals surface area contributed by atoms with Crippen molar-refractivity contribution < 1.29 is 18.0 Å². The second-order valence-electron chi connectivity index (χ2n) is 8.59. The number of carbonyl (C=O) groups is 2. The molecule has 2 aromatic rings. The van der Waals surface area contributed by atoms with Gasteiger partial charge in [0.25, 0.3) is 5.91 Å². The van der Waals surface area contributed by atoms with Gasteiger partial charge in [-0.2, -0.15) is 4.31 Å². The summed E-state index contributed by atoms with van der Waals surface area (Å²) in [5.74, 6) is -0.126. The largest absolute Gasteiger partial charge is 0.349 e. The highest BCUT2D eigenvalue weighted by Gasteiger charge is 2.38. The number of hydrogen-bond acceptors (Lipinski definition) is 4. The molecule has 1 heterocycles. The van der Waals surface area contributed by atoms with Crippen molar-refractivity contribution >= 4 is 27.5 Å². The number of fused-ring (bicyclic) bond motifs is 1. The van der Waals surface area contributed by atoms with Crippen LogP contribution in [0.4, 0.5) is 5.69 Å². The molecule has 1 aliphatic heterocycles. The summed E-state index contributed by atoms with van der Waals surface area (Å²) in [6, 6.07) is 12.4. The number of aryl methyl sites for hydroxylation is 1. The van der Waals surface area contributed by atoms with Crippen LogP contribution in [0, 0.1) is 0 Å². The third kappa shape index (κ3) is 4.36. The SMILES string of the molecule is O=C1CCc2cc(S(=O)(=O)N(Cc3ccc(C(=O)NC4CC4)cc3)C3CC3)ccc2N1. The lowest BCUT2D eigenvalue weighted by Gasteiger charge is -2.24. The second kappa shape index (κ2) is 7.76. The van der Waals surface area contributed by atoms with Crippen molar-refractivity contribution in [3.05, 3.63) is 59.2 Å². The van der Waals surface area contributed by atoms with E-state index in [9.17, 15) is 18.0 Å². The molecule has 0 spiro atoms. The molecular weight excluding hydrogens is 414 g/mol. The van der Waals surface area contributed by atoms with Crippen LogP contribution < -0.4 is 10.6 Å². The average Bonchev–Trinajstić information content (AvgIpc) is 3.67. The summed E-state index contributed by atoms with van der Waals surface area (Å²) in [4.78, 5) is 24.0. The lowest BCUT2D eigenvalue weighted by Crippen LogP contribution is -2.33. The monoisotopic (exact) mass is 439 g/mol. The average molecular weight is 440 g/mol. The number of amides is 2. The van der Waals surface area contributed by atoms with Gasteiger partial charge < -0.3 is 10.6 Å². The third-order valence-corrected chi connectivity index (χ3v) is 7.89. The van der Waals surface area contributed by atoms with E-state index in [0.717, 1.165) is 36.8 Å². The molecule has 2 fully saturated rings. The molecule has 0 saturated heterocycles. The maximum atomic E-state index is 13.4. The summed E-state index contributed by atoms with van der Waals surface area (Å²) in [5.41, 5.74) is 2.98. The Morgan fingerprint density at radius 2 is 1.77 bits per heavy atom. The topological polar surface area (TPSA) is 95.6 Å². The van der Waals surface area contributed by atoms with Crippen LogP contribution in [-0.2, 0) is 27.8 Å². The van der Waals surface area contributed by atoms with Gasteiger partial charge in [0.1, 0.15) is 0 Å². The summed E-state index contributed by atoms with van der Waals surface area (Å²) in [6.45, 7) is 0.269. The first-order valence-electron chi connectivity index (χ1n) is 10.7. The van der Waals surface area contributed by atoms with Crippen LogP contribution in [0.3, 0.4) is 0 Å². The van der Waals surface area contributed by atoms with Gasteiger partial charge in [-0.05, 0) is 73.6 Å². The molecule has 0 unspecified atom stereocenters. The molecule has 162 valence electrons. The summed E-state index contributed by atoms with van der Waals surface area (Å²) in [5, 5.41) is 5.75. The molecule has 0 radical (unpaired) electrons. The number of carbonyl (C=O) groups excluding carboxylic acids is 2. The van der Waals surface area contributed by atoms with Crippen LogP contribution in [0.1, 0.15) is 53.6 Å². The normalized spacial score (nSPS) is 18.4. The summed E-state index contributed by atoms with van der Waals surface area (Å²) in [6.07, 6.45) is 4.67. The molecule has 2 aliphatic carbocycles. The molecule has 0 aromatic heterocycles. The Kier molecular flexibility index (Phi) is 5.06. The highest BCUT2D eigenvalue weighted by Crippen LogP contribution is 2.35. The molecule has 8 heteroatoms. The Morgan fingerprint density at radius 1 is 1.03 bits per heavy atom. The Bertz CT molecular complexity index is 1140. The minimum Gasteiger partial charge on any atom is -0.349 e. The van der Waals surface area contributed by atoms with Gasteiger partial charge in [-0.3, -0.25) is 9.59 Å². The standard InChI is InChI=1S/C23H25N3O4S/c27-22-12-5-17-13-20(10-11-21(17)25-22)31(29,30)26(19-8-9-19)14-15-1-3-16(4-2-15)23(28)24-18-6-7-18/h1-4,10-11,13,18-19H,5-9,12,14H2,(H,24,28)(H,25,27). The van der Waals surface area contributed by atoms with Crippen molar-refractivity contribution in [2.45, 2.75) is 62.0 Å². The number of benzene rings is 2. The van der Waals surface area contributed by atoms with Gasteiger partial charge in [0, 0.05) is 36.3 Å².